The van der Waals surface area contributed by atoms with Crippen molar-refractivity contribution in [1.82, 2.24) is 10.6 Å². The van der Waals surface area contributed by atoms with Crippen LogP contribution in [-0.4, -0.2) is 45.0 Å². The van der Waals surface area contributed by atoms with E-state index in [1.54, 1.807) is 0 Å². The van der Waals surface area contributed by atoms with Crippen LogP contribution in [0.5, 0.6) is 0 Å². The summed E-state index contributed by atoms with van der Waals surface area (Å²) in [7, 11) is -2.86. The predicted molar refractivity (Wildman–Crippen MR) is 117 cm³/mol. The number of nitrogens with one attached hydrogen (secondary N) is 2. The maximum atomic E-state index is 11.6. The molecule has 0 radical (unpaired) electrons. The van der Waals surface area contributed by atoms with Gasteiger partial charge in [-0.2, -0.15) is 0 Å². The number of terminal acetylenes is 1. The molecule has 3 rings (SSSR count). The molecule has 0 saturated carbocycles. The van der Waals surface area contributed by atoms with E-state index in [-0.39, 0.29) is 41.4 Å². The van der Waals surface area contributed by atoms with Crippen LogP contribution in [0.3, 0.4) is 0 Å². The summed E-state index contributed by atoms with van der Waals surface area (Å²) >= 11 is 0. The number of hydrogen-bond acceptors (Lipinski definition) is 3. The third kappa shape index (κ3) is 5.88. The number of sulfone groups is 1. The van der Waals surface area contributed by atoms with Crippen LogP contribution in [0.2, 0.25) is 0 Å². The molecule has 142 valence electrons. The van der Waals surface area contributed by atoms with Crippen LogP contribution >= 0.6 is 24.0 Å². The molecule has 1 saturated heterocycles. The monoisotopic (exact) mass is 487 g/mol. The third-order valence-corrected chi connectivity index (χ3v) is 6.72. The highest BCUT2D eigenvalue weighted by atomic mass is 127. The first kappa shape index (κ1) is 21.0. The Morgan fingerprint density at radius 1 is 1.27 bits per heavy atom. The smallest absolute Gasteiger partial charge is 0.192 e. The second-order valence-electron chi connectivity index (χ2n) is 6.87. The van der Waals surface area contributed by atoms with Crippen molar-refractivity contribution in [3.63, 3.8) is 0 Å². The molecule has 2 unspecified atom stereocenters. The first-order valence-corrected chi connectivity index (χ1v) is 10.6. The van der Waals surface area contributed by atoms with Crippen LogP contribution in [0.15, 0.2) is 29.3 Å². The zero-order valence-electron chi connectivity index (χ0n) is 14.8. The first-order chi connectivity index (χ1) is 12.1. The minimum Gasteiger partial charge on any atom is -0.353 e. The summed E-state index contributed by atoms with van der Waals surface area (Å²) in [6, 6.07) is 8.85. The Kier molecular flexibility index (Phi) is 7.77. The van der Waals surface area contributed by atoms with Gasteiger partial charge in [-0.1, -0.05) is 30.2 Å². The molecule has 1 aliphatic carbocycles. The molecule has 2 atom stereocenters. The highest BCUT2D eigenvalue weighted by molar-refractivity contribution is 14.0. The molecule has 5 nitrogen and oxygen atoms in total. The number of guanidine groups is 1. The molecule has 0 amide bonds. The van der Waals surface area contributed by atoms with Crippen molar-refractivity contribution in [1.29, 1.82) is 0 Å². The summed E-state index contributed by atoms with van der Waals surface area (Å²) in [6.45, 7) is 0.917. The van der Waals surface area contributed by atoms with E-state index >= 15 is 0 Å². The highest BCUT2D eigenvalue weighted by Gasteiger charge is 2.27. The molecule has 0 bridgehead atoms. The molecule has 2 N–H and O–H groups in total. The van der Waals surface area contributed by atoms with Gasteiger partial charge in [-0.25, -0.2) is 8.42 Å². The van der Waals surface area contributed by atoms with E-state index in [0.29, 0.717) is 31.5 Å². The summed E-state index contributed by atoms with van der Waals surface area (Å²) in [6.07, 6.45) is 9.11. The minimum absolute atomic E-state index is 0. The van der Waals surface area contributed by atoms with E-state index in [1.807, 2.05) is 0 Å². The molecule has 1 aromatic carbocycles. The van der Waals surface area contributed by atoms with Gasteiger partial charge in [0, 0.05) is 12.6 Å². The lowest BCUT2D eigenvalue weighted by atomic mass is 9.88. The number of benzene rings is 1. The van der Waals surface area contributed by atoms with Gasteiger partial charge in [0.25, 0.3) is 0 Å². The van der Waals surface area contributed by atoms with Gasteiger partial charge in [-0.05, 0) is 42.7 Å². The van der Waals surface area contributed by atoms with Crippen molar-refractivity contribution >= 4 is 39.8 Å². The van der Waals surface area contributed by atoms with Gasteiger partial charge in [-0.3, -0.25) is 4.99 Å². The Balaban J connectivity index is 0.00000243. The lowest BCUT2D eigenvalue weighted by Crippen LogP contribution is -2.46. The summed E-state index contributed by atoms with van der Waals surface area (Å²) in [4.78, 5) is 4.59. The van der Waals surface area contributed by atoms with Gasteiger partial charge >= 0.3 is 0 Å². The van der Waals surface area contributed by atoms with Crippen LogP contribution in [0.4, 0.5) is 0 Å². The summed E-state index contributed by atoms with van der Waals surface area (Å²) in [5.74, 6) is 3.89. The molecule has 7 heteroatoms. The van der Waals surface area contributed by atoms with Crippen LogP contribution in [0.1, 0.15) is 24.0 Å². The second-order valence-corrected chi connectivity index (χ2v) is 9.10. The van der Waals surface area contributed by atoms with E-state index in [1.165, 1.54) is 11.1 Å². The van der Waals surface area contributed by atoms with Gasteiger partial charge in [0.05, 0.1) is 18.1 Å². The summed E-state index contributed by atoms with van der Waals surface area (Å²) in [5.41, 5.74) is 2.80. The fourth-order valence-corrected chi connectivity index (χ4v) is 5.39. The van der Waals surface area contributed by atoms with Crippen LogP contribution in [0.25, 0.3) is 0 Å². The average Bonchev–Trinajstić information content (AvgIpc) is 2.96. The summed E-state index contributed by atoms with van der Waals surface area (Å²) < 4.78 is 23.2. The molecular formula is C19H26IN3O2S. The Hall–Kier alpha value is -1.27. The maximum Gasteiger partial charge on any atom is 0.192 e. The van der Waals surface area contributed by atoms with Crippen molar-refractivity contribution in [2.45, 2.75) is 31.7 Å². The van der Waals surface area contributed by atoms with Gasteiger partial charge in [0.15, 0.2) is 15.8 Å². The van der Waals surface area contributed by atoms with E-state index in [9.17, 15) is 8.42 Å². The second kappa shape index (κ2) is 9.60. The van der Waals surface area contributed by atoms with Gasteiger partial charge in [0.2, 0.25) is 0 Å². The van der Waals surface area contributed by atoms with Gasteiger partial charge in [0.1, 0.15) is 0 Å². The molecule has 0 aromatic heterocycles. The molecule has 1 heterocycles. The topological polar surface area (TPSA) is 70.6 Å². The molecule has 1 aromatic rings. The van der Waals surface area contributed by atoms with E-state index < -0.39 is 9.84 Å². The summed E-state index contributed by atoms with van der Waals surface area (Å²) in [5, 5.41) is 6.61. The van der Waals surface area contributed by atoms with E-state index in [4.69, 9.17) is 6.42 Å². The fraction of sp³-hybridized carbons (Fsp3) is 0.526. The quantitative estimate of drug-likeness (QED) is 0.294. The lowest BCUT2D eigenvalue weighted by Gasteiger charge is -2.27. The Morgan fingerprint density at radius 2 is 2.04 bits per heavy atom. The molecule has 1 aliphatic heterocycles. The van der Waals surface area contributed by atoms with Crippen LogP contribution < -0.4 is 10.6 Å². The molecule has 1 fully saturated rings. The normalized spacial score (nSPS) is 24.0. The number of fused-ring (bicyclic) bond motifs is 1. The van der Waals surface area contributed by atoms with E-state index in [2.05, 4.69) is 45.8 Å². The third-order valence-electron chi connectivity index (χ3n) is 4.88. The lowest BCUT2D eigenvalue weighted by molar-refractivity contribution is 0.518. The van der Waals surface area contributed by atoms with Crippen molar-refractivity contribution < 1.29 is 8.42 Å². The fourth-order valence-electron chi connectivity index (χ4n) is 3.54. The van der Waals surface area contributed by atoms with Crippen molar-refractivity contribution in [2.24, 2.45) is 10.9 Å². The number of nitrogens with zero attached hydrogens (tertiary/aromatic N) is 1. The minimum atomic E-state index is -2.86. The molecule has 0 spiro atoms. The largest absolute Gasteiger partial charge is 0.353 e. The number of aryl methyl sites for hydroxylation is 1. The SMILES string of the molecule is C#CCNC(=NCC1CCS(=O)(=O)C1)NC1CCc2ccccc2C1.I. The number of aliphatic imine (C=N–C) groups is 1. The molecule has 2 aliphatic rings. The van der Waals surface area contributed by atoms with Crippen molar-refractivity contribution in [3.8, 4) is 12.3 Å². The average molecular weight is 487 g/mol. The van der Waals surface area contributed by atoms with Crippen molar-refractivity contribution in [2.75, 3.05) is 24.6 Å². The van der Waals surface area contributed by atoms with Crippen LogP contribution in [0, 0.1) is 18.3 Å². The number of hydrogen-bond donors (Lipinski definition) is 2. The number of rotatable bonds is 4. The standard InChI is InChI=1S/C19H25N3O2S.HI/c1-2-10-20-19(21-13-15-9-11-25(23,24)14-15)22-18-8-7-16-5-3-4-6-17(16)12-18;/h1,3-6,15,18H,7-14H2,(H2,20,21,22);1H. The zero-order valence-corrected chi connectivity index (χ0v) is 17.9. The van der Waals surface area contributed by atoms with Gasteiger partial charge < -0.3 is 10.6 Å². The zero-order chi connectivity index (χ0) is 17.7. The van der Waals surface area contributed by atoms with E-state index in [0.717, 1.165) is 19.3 Å². The molecule has 26 heavy (non-hydrogen) atoms. The highest BCUT2D eigenvalue weighted by Crippen LogP contribution is 2.21. The molecular weight excluding hydrogens is 461 g/mol. The van der Waals surface area contributed by atoms with Crippen molar-refractivity contribution in [3.05, 3.63) is 35.4 Å². The first-order valence-electron chi connectivity index (χ1n) is 8.81. The van der Waals surface area contributed by atoms with Crippen LogP contribution in [-0.2, 0) is 22.7 Å². The van der Waals surface area contributed by atoms with Gasteiger partial charge in [-0.15, -0.1) is 30.4 Å². The Morgan fingerprint density at radius 3 is 2.73 bits per heavy atom. The predicted octanol–water partition coefficient (Wildman–Crippen LogP) is 1.77. The maximum absolute atomic E-state index is 11.6. The Bertz CT molecular complexity index is 786. The Labute approximate surface area is 173 Å². The number of halogens is 1.